The molecule has 2 amide bonds. The van der Waals surface area contributed by atoms with Crippen molar-refractivity contribution >= 4 is 44.8 Å². The van der Waals surface area contributed by atoms with E-state index in [1.165, 1.54) is 22.3 Å². The quantitative estimate of drug-likeness (QED) is 0.515. The van der Waals surface area contributed by atoms with Gasteiger partial charge in [-0.15, -0.1) is 11.3 Å². The molecular formula is C23H17FN4O2S. The van der Waals surface area contributed by atoms with Gasteiger partial charge >= 0.3 is 0 Å². The number of anilines is 1. The summed E-state index contributed by atoms with van der Waals surface area (Å²) in [5.74, 6) is -1.33. The number of hydrogen-bond acceptors (Lipinski definition) is 4. The Kier molecular flexibility index (Phi) is 4.63. The summed E-state index contributed by atoms with van der Waals surface area (Å²) in [6.45, 7) is 0. The number of H-pyrrole nitrogens is 1. The first kappa shape index (κ1) is 19.2. The monoisotopic (exact) mass is 432 g/mol. The fraction of sp³-hybridized carbons (Fsp3) is 0.0870. The third-order valence-electron chi connectivity index (χ3n) is 5.23. The lowest BCUT2D eigenvalue weighted by Gasteiger charge is -2.20. The van der Waals surface area contributed by atoms with Gasteiger partial charge in [0.05, 0.1) is 11.4 Å². The van der Waals surface area contributed by atoms with Gasteiger partial charge < -0.3 is 15.2 Å². The number of para-hydroxylation sites is 1. The summed E-state index contributed by atoms with van der Waals surface area (Å²) < 4.78 is 14.7. The molecule has 3 heterocycles. The van der Waals surface area contributed by atoms with Gasteiger partial charge in [-0.1, -0.05) is 30.3 Å². The minimum atomic E-state index is -1.21. The highest BCUT2D eigenvalue weighted by atomic mass is 32.1. The van der Waals surface area contributed by atoms with Crippen molar-refractivity contribution in [3.8, 4) is 0 Å². The van der Waals surface area contributed by atoms with E-state index in [1.807, 2.05) is 11.4 Å². The minimum absolute atomic E-state index is 0.262. The number of amides is 2. The van der Waals surface area contributed by atoms with E-state index in [0.717, 1.165) is 10.2 Å². The SMILES string of the molecule is CN1C(=O)C(NC(=O)c2cc3ccsc3[nH]2)N=C(c2ccccc2F)c2ccccc21. The number of rotatable bonds is 3. The Morgan fingerprint density at radius 2 is 1.87 bits per heavy atom. The highest BCUT2D eigenvalue weighted by molar-refractivity contribution is 7.16. The Hall–Kier alpha value is -3.78. The molecule has 2 aromatic carbocycles. The molecule has 0 radical (unpaired) electrons. The van der Waals surface area contributed by atoms with Crippen LogP contribution in [0.5, 0.6) is 0 Å². The Bertz CT molecular complexity index is 1330. The van der Waals surface area contributed by atoms with Gasteiger partial charge in [-0.3, -0.25) is 9.59 Å². The molecular weight excluding hydrogens is 415 g/mol. The smallest absolute Gasteiger partial charge is 0.272 e. The van der Waals surface area contributed by atoms with E-state index in [0.29, 0.717) is 22.7 Å². The number of carbonyl (C=O) groups is 2. The summed E-state index contributed by atoms with van der Waals surface area (Å²) in [5.41, 5.74) is 2.11. The summed E-state index contributed by atoms with van der Waals surface area (Å²) >= 11 is 1.49. The molecule has 2 aromatic heterocycles. The molecule has 31 heavy (non-hydrogen) atoms. The summed E-state index contributed by atoms with van der Waals surface area (Å²) in [5, 5.41) is 5.54. The molecule has 4 aromatic rings. The van der Waals surface area contributed by atoms with E-state index in [9.17, 15) is 14.0 Å². The average molecular weight is 432 g/mol. The van der Waals surface area contributed by atoms with Crippen molar-refractivity contribution in [3.63, 3.8) is 0 Å². The number of likely N-dealkylation sites (N-methyl/N-ethyl adjacent to an activating group) is 1. The standard InChI is InChI=1S/C23H17FN4O2S/c1-28-18-9-5-3-7-15(18)19(14-6-2-4-8-16(14)24)26-20(23(28)30)27-21(29)17-12-13-10-11-31-22(13)25-17/h2-12,20,25H,1H3,(H,27,29). The molecule has 1 atom stereocenters. The Morgan fingerprint density at radius 1 is 1.13 bits per heavy atom. The maximum Gasteiger partial charge on any atom is 0.272 e. The fourth-order valence-electron chi connectivity index (χ4n) is 3.66. The van der Waals surface area contributed by atoms with Crippen LogP contribution in [0.3, 0.4) is 0 Å². The number of benzodiazepines with no additional fused rings is 1. The van der Waals surface area contributed by atoms with Gasteiger partial charge in [0.15, 0.2) is 0 Å². The Morgan fingerprint density at radius 3 is 2.65 bits per heavy atom. The second-order valence-corrected chi connectivity index (χ2v) is 8.05. The van der Waals surface area contributed by atoms with Gasteiger partial charge in [-0.2, -0.15) is 0 Å². The van der Waals surface area contributed by atoms with Gasteiger partial charge in [-0.25, -0.2) is 9.38 Å². The third-order valence-corrected chi connectivity index (χ3v) is 6.07. The van der Waals surface area contributed by atoms with Crippen LogP contribution in [0.25, 0.3) is 10.2 Å². The Labute approximate surface area is 181 Å². The number of halogens is 1. The normalized spacial score (nSPS) is 16.1. The van der Waals surface area contributed by atoms with Crippen molar-refractivity contribution < 1.29 is 14.0 Å². The molecule has 2 N–H and O–H groups in total. The summed E-state index contributed by atoms with van der Waals surface area (Å²) in [6, 6.07) is 17.0. The van der Waals surface area contributed by atoms with Crippen molar-refractivity contribution in [3.05, 3.63) is 88.7 Å². The first-order chi connectivity index (χ1) is 15.0. The van der Waals surface area contributed by atoms with Crippen LogP contribution in [-0.2, 0) is 4.79 Å². The maximum absolute atomic E-state index is 14.7. The predicted octanol–water partition coefficient (Wildman–Crippen LogP) is 3.94. The van der Waals surface area contributed by atoms with Gasteiger partial charge in [0.1, 0.15) is 16.3 Å². The lowest BCUT2D eigenvalue weighted by atomic mass is 10.00. The molecule has 0 aliphatic carbocycles. The molecule has 1 aliphatic heterocycles. The number of carbonyl (C=O) groups excluding carboxylic acids is 2. The molecule has 0 spiro atoms. The van der Waals surface area contributed by atoms with E-state index in [1.54, 1.807) is 55.6 Å². The maximum atomic E-state index is 14.7. The molecule has 8 heteroatoms. The van der Waals surface area contributed by atoms with Crippen LogP contribution in [0, 0.1) is 5.82 Å². The molecule has 154 valence electrons. The number of fused-ring (bicyclic) bond motifs is 2. The van der Waals surface area contributed by atoms with Gasteiger partial charge in [0.25, 0.3) is 11.8 Å². The number of nitrogens with zero attached hydrogens (tertiary/aromatic N) is 2. The van der Waals surface area contributed by atoms with Gasteiger partial charge in [-0.05, 0) is 35.7 Å². The summed E-state index contributed by atoms with van der Waals surface area (Å²) in [7, 11) is 1.62. The molecule has 6 nitrogen and oxygen atoms in total. The molecule has 0 bridgehead atoms. The third kappa shape index (κ3) is 3.30. The fourth-order valence-corrected chi connectivity index (χ4v) is 4.44. The minimum Gasteiger partial charge on any atom is -0.342 e. The summed E-state index contributed by atoms with van der Waals surface area (Å²) in [6.07, 6.45) is -1.21. The van der Waals surface area contributed by atoms with E-state index >= 15 is 0 Å². The van der Waals surface area contributed by atoms with Crippen LogP contribution >= 0.6 is 11.3 Å². The van der Waals surface area contributed by atoms with Crippen LogP contribution < -0.4 is 10.2 Å². The highest BCUT2D eigenvalue weighted by Gasteiger charge is 2.32. The van der Waals surface area contributed by atoms with Crippen LogP contribution in [-0.4, -0.2) is 35.7 Å². The summed E-state index contributed by atoms with van der Waals surface area (Å²) in [4.78, 5) is 35.9. The topological polar surface area (TPSA) is 77.6 Å². The van der Waals surface area contributed by atoms with Crippen molar-refractivity contribution in [1.29, 1.82) is 0 Å². The van der Waals surface area contributed by atoms with Crippen molar-refractivity contribution in [2.75, 3.05) is 11.9 Å². The largest absolute Gasteiger partial charge is 0.342 e. The highest BCUT2D eigenvalue weighted by Crippen LogP contribution is 2.28. The van der Waals surface area contributed by atoms with E-state index in [-0.39, 0.29) is 5.56 Å². The first-order valence-electron chi connectivity index (χ1n) is 9.59. The molecule has 0 fully saturated rings. The number of nitrogens with one attached hydrogen (secondary N) is 2. The van der Waals surface area contributed by atoms with Crippen molar-refractivity contribution in [1.82, 2.24) is 10.3 Å². The lowest BCUT2D eigenvalue weighted by Crippen LogP contribution is -2.46. The molecule has 0 saturated carbocycles. The van der Waals surface area contributed by atoms with Crippen LogP contribution in [0.4, 0.5) is 10.1 Å². The lowest BCUT2D eigenvalue weighted by molar-refractivity contribution is -0.119. The number of benzene rings is 2. The van der Waals surface area contributed by atoms with Gasteiger partial charge in [0, 0.05) is 23.6 Å². The average Bonchev–Trinajstić information content (AvgIpc) is 3.36. The zero-order valence-electron chi connectivity index (χ0n) is 16.4. The van der Waals surface area contributed by atoms with E-state index in [4.69, 9.17) is 0 Å². The van der Waals surface area contributed by atoms with Crippen molar-refractivity contribution in [2.24, 2.45) is 4.99 Å². The molecule has 0 saturated heterocycles. The number of aromatic nitrogens is 1. The first-order valence-corrected chi connectivity index (χ1v) is 10.5. The predicted molar refractivity (Wildman–Crippen MR) is 119 cm³/mol. The van der Waals surface area contributed by atoms with Crippen molar-refractivity contribution in [2.45, 2.75) is 6.17 Å². The number of thiophene rings is 1. The van der Waals surface area contributed by atoms with E-state index < -0.39 is 23.8 Å². The molecule has 1 unspecified atom stereocenters. The zero-order chi connectivity index (χ0) is 21.5. The second-order valence-electron chi connectivity index (χ2n) is 7.14. The van der Waals surface area contributed by atoms with Gasteiger partial charge in [0.2, 0.25) is 6.17 Å². The number of aromatic amines is 1. The van der Waals surface area contributed by atoms with Crippen LogP contribution in [0.2, 0.25) is 0 Å². The Balaban J connectivity index is 1.59. The van der Waals surface area contributed by atoms with E-state index in [2.05, 4.69) is 15.3 Å². The second kappa shape index (κ2) is 7.48. The van der Waals surface area contributed by atoms with Crippen LogP contribution in [0.15, 0.2) is 71.0 Å². The number of aliphatic imine (C=N–C) groups is 1. The van der Waals surface area contributed by atoms with Crippen LogP contribution in [0.1, 0.15) is 21.6 Å². The molecule has 5 rings (SSSR count). The zero-order valence-corrected chi connectivity index (χ0v) is 17.2. The number of hydrogen-bond donors (Lipinski definition) is 2. The molecule has 1 aliphatic rings.